The third-order valence-corrected chi connectivity index (χ3v) is 4.63. The van der Waals surface area contributed by atoms with E-state index in [2.05, 4.69) is 23.2 Å². The molecule has 0 amide bonds. The van der Waals surface area contributed by atoms with Gasteiger partial charge in [-0.05, 0) is 42.9 Å². The number of aryl methyl sites for hydroxylation is 2. The van der Waals surface area contributed by atoms with Crippen molar-refractivity contribution in [2.75, 3.05) is 5.88 Å². The summed E-state index contributed by atoms with van der Waals surface area (Å²) in [5.41, 5.74) is 4.88. The fraction of sp³-hybridized carbons (Fsp3) is 0.333. The van der Waals surface area contributed by atoms with Crippen LogP contribution in [-0.2, 0) is 12.8 Å². The van der Waals surface area contributed by atoms with Crippen LogP contribution in [0.3, 0.4) is 0 Å². The summed E-state index contributed by atoms with van der Waals surface area (Å²) < 4.78 is 0. The van der Waals surface area contributed by atoms with Crippen LogP contribution in [0.1, 0.15) is 33.8 Å². The van der Waals surface area contributed by atoms with Gasteiger partial charge in [0.05, 0.1) is 11.6 Å². The van der Waals surface area contributed by atoms with Gasteiger partial charge in [0.1, 0.15) is 0 Å². The lowest BCUT2D eigenvalue weighted by atomic mass is 9.90. The quantitative estimate of drug-likeness (QED) is 0.629. The van der Waals surface area contributed by atoms with Gasteiger partial charge < -0.3 is 0 Å². The number of hydrogen-bond acceptors (Lipinski definition) is 3. The molecule has 0 radical (unpaired) electrons. The monoisotopic (exact) mass is 291 g/mol. The van der Waals surface area contributed by atoms with E-state index in [0.717, 1.165) is 17.7 Å². The molecule has 2 aromatic rings. The van der Waals surface area contributed by atoms with E-state index >= 15 is 0 Å². The van der Waals surface area contributed by atoms with Crippen molar-refractivity contribution in [1.82, 2.24) is 4.98 Å². The Hall–Kier alpha value is -1.19. The highest BCUT2D eigenvalue weighted by atomic mass is 35.5. The van der Waals surface area contributed by atoms with Gasteiger partial charge in [-0.2, -0.15) is 0 Å². The minimum atomic E-state index is -0.101. The molecule has 1 heterocycles. The summed E-state index contributed by atoms with van der Waals surface area (Å²) in [5.74, 6) is -0.104. The van der Waals surface area contributed by atoms with Crippen LogP contribution in [0.5, 0.6) is 0 Å². The maximum atomic E-state index is 11.5. The van der Waals surface area contributed by atoms with E-state index in [4.69, 9.17) is 11.6 Å². The SMILES string of the molecule is O=C(CCl)c1nc(-c2ccc3c(c2)CCCC3)cs1. The second-order valence-electron chi connectivity index (χ2n) is 4.79. The van der Waals surface area contributed by atoms with Gasteiger partial charge in [-0.25, -0.2) is 4.98 Å². The lowest BCUT2D eigenvalue weighted by Gasteiger charge is -2.15. The van der Waals surface area contributed by atoms with E-state index in [1.807, 2.05) is 5.38 Å². The van der Waals surface area contributed by atoms with Gasteiger partial charge in [0.25, 0.3) is 0 Å². The predicted molar refractivity (Wildman–Crippen MR) is 79.2 cm³/mol. The van der Waals surface area contributed by atoms with E-state index in [-0.39, 0.29) is 11.7 Å². The first-order valence-electron chi connectivity index (χ1n) is 6.45. The van der Waals surface area contributed by atoms with E-state index in [9.17, 15) is 4.79 Å². The largest absolute Gasteiger partial charge is 0.290 e. The molecule has 3 rings (SSSR count). The Balaban J connectivity index is 1.93. The molecule has 0 aliphatic heterocycles. The van der Waals surface area contributed by atoms with Gasteiger partial charge in [0.15, 0.2) is 5.01 Å². The predicted octanol–water partition coefficient (Wildman–Crippen LogP) is 4.11. The minimum absolute atomic E-state index is 0.00284. The number of rotatable bonds is 3. The number of thiazole rings is 1. The summed E-state index contributed by atoms with van der Waals surface area (Å²) in [5, 5.41) is 2.44. The Morgan fingerprint density at radius 3 is 2.84 bits per heavy atom. The molecular weight excluding hydrogens is 278 g/mol. The highest BCUT2D eigenvalue weighted by Crippen LogP contribution is 2.28. The first-order valence-corrected chi connectivity index (χ1v) is 7.86. The zero-order valence-electron chi connectivity index (χ0n) is 10.5. The number of ketones is 1. The minimum Gasteiger partial charge on any atom is -0.290 e. The Kier molecular flexibility index (Phi) is 3.67. The van der Waals surface area contributed by atoms with Gasteiger partial charge in [0, 0.05) is 10.9 Å². The number of benzene rings is 1. The van der Waals surface area contributed by atoms with Gasteiger partial charge in [-0.1, -0.05) is 12.1 Å². The molecule has 0 saturated heterocycles. The number of hydrogen-bond donors (Lipinski definition) is 0. The highest BCUT2D eigenvalue weighted by molar-refractivity contribution is 7.12. The normalized spacial score (nSPS) is 14.2. The zero-order chi connectivity index (χ0) is 13.2. The Labute approximate surface area is 121 Å². The topological polar surface area (TPSA) is 30.0 Å². The molecule has 0 saturated carbocycles. The molecule has 1 aromatic heterocycles. The van der Waals surface area contributed by atoms with Crippen LogP contribution in [0.15, 0.2) is 23.6 Å². The Bertz CT molecular complexity index is 620. The van der Waals surface area contributed by atoms with E-state index in [0.29, 0.717) is 5.01 Å². The molecule has 19 heavy (non-hydrogen) atoms. The molecule has 1 aliphatic carbocycles. The summed E-state index contributed by atoms with van der Waals surface area (Å²) in [7, 11) is 0. The fourth-order valence-electron chi connectivity index (χ4n) is 2.48. The second kappa shape index (κ2) is 5.43. The zero-order valence-corrected chi connectivity index (χ0v) is 12.1. The number of carbonyl (C=O) groups is 1. The number of fused-ring (bicyclic) bond motifs is 1. The molecule has 0 bridgehead atoms. The maximum Gasteiger partial charge on any atom is 0.206 e. The van der Waals surface area contributed by atoms with Gasteiger partial charge in [0.2, 0.25) is 5.78 Å². The van der Waals surface area contributed by atoms with Crippen LogP contribution in [0.25, 0.3) is 11.3 Å². The highest BCUT2D eigenvalue weighted by Gasteiger charge is 2.13. The lowest BCUT2D eigenvalue weighted by Crippen LogP contribution is -2.02. The molecule has 1 aromatic carbocycles. The summed E-state index contributed by atoms with van der Waals surface area (Å²) in [4.78, 5) is 15.9. The first kappa shape index (κ1) is 12.8. The number of halogens is 1. The average Bonchev–Trinajstić information content (AvgIpc) is 2.95. The molecule has 0 atom stereocenters. The van der Waals surface area contributed by atoms with Crippen LogP contribution >= 0.6 is 22.9 Å². The lowest BCUT2D eigenvalue weighted by molar-refractivity contribution is 0.102. The van der Waals surface area contributed by atoms with Crippen LogP contribution in [0, 0.1) is 0 Å². The molecular formula is C15H14ClNOS. The standard InChI is InChI=1S/C15H14ClNOS/c16-8-14(18)15-17-13(9-19-15)12-6-5-10-3-1-2-4-11(10)7-12/h5-7,9H,1-4,8H2. The number of carbonyl (C=O) groups excluding carboxylic acids is 1. The molecule has 0 unspecified atom stereocenters. The van der Waals surface area contributed by atoms with E-state index in [1.165, 1.54) is 41.7 Å². The molecule has 0 N–H and O–H groups in total. The van der Waals surface area contributed by atoms with Crippen molar-refractivity contribution in [3.05, 3.63) is 39.7 Å². The Morgan fingerprint density at radius 1 is 1.26 bits per heavy atom. The Morgan fingerprint density at radius 2 is 2.05 bits per heavy atom. The number of nitrogens with zero attached hydrogens (tertiary/aromatic N) is 1. The summed E-state index contributed by atoms with van der Waals surface area (Å²) >= 11 is 6.92. The fourth-order valence-corrected chi connectivity index (χ4v) is 3.46. The first-order chi connectivity index (χ1) is 9.28. The van der Waals surface area contributed by atoms with Gasteiger partial charge >= 0.3 is 0 Å². The molecule has 2 nitrogen and oxygen atoms in total. The summed E-state index contributed by atoms with van der Waals surface area (Å²) in [6.45, 7) is 0. The molecule has 0 spiro atoms. The van der Waals surface area contributed by atoms with Crippen molar-refractivity contribution in [1.29, 1.82) is 0 Å². The molecule has 98 valence electrons. The van der Waals surface area contributed by atoms with Crippen LogP contribution in [0.4, 0.5) is 0 Å². The number of aromatic nitrogens is 1. The van der Waals surface area contributed by atoms with E-state index < -0.39 is 0 Å². The van der Waals surface area contributed by atoms with Crippen LogP contribution in [0.2, 0.25) is 0 Å². The average molecular weight is 292 g/mol. The maximum absolute atomic E-state index is 11.5. The van der Waals surface area contributed by atoms with Crippen LogP contribution < -0.4 is 0 Å². The van der Waals surface area contributed by atoms with Gasteiger partial charge in [-0.15, -0.1) is 22.9 Å². The third kappa shape index (κ3) is 2.58. The van der Waals surface area contributed by atoms with Crippen molar-refractivity contribution < 1.29 is 4.79 Å². The second-order valence-corrected chi connectivity index (χ2v) is 5.91. The van der Waals surface area contributed by atoms with Crippen molar-refractivity contribution in [2.45, 2.75) is 25.7 Å². The van der Waals surface area contributed by atoms with E-state index in [1.54, 1.807) is 0 Å². The van der Waals surface area contributed by atoms with Crippen LogP contribution in [-0.4, -0.2) is 16.6 Å². The van der Waals surface area contributed by atoms with Gasteiger partial charge in [-0.3, -0.25) is 4.79 Å². The molecule has 1 aliphatic rings. The summed E-state index contributed by atoms with van der Waals surface area (Å²) in [6, 6.07) is 6.53. The van der Waals surface area contributed by atoms with Crippen molar-refractivity contribution in [3.63, 3.8) is 0 Å². The molecule has 4 heteroatoms. The number of Topliss-reactive ketones (excluding diaryl/α,β-unsaturated/α-hetero) is 1. The number of alkyl halides is 1. The van der Waals surface area contributed by atoms with Crippen molar-refractivity contribution >= 4 is 28.7 Å². The summed E-state index contributed by atoms with van der Waals surface area (Å²) in [6.07, 6.45) is 4.89. The third-order valence-electron chi connectivity index (χ3n) is 3.51. The van der Waals surface area contributed by atoms with Crippen molar-refractivity contribution in [3.8, 4) is 11.3 Å². The van der Waals surface area contributed by atoms with Crippen molar-refractivity contribution in [2.24, 2.45) is 0 Å². The smallest absolute Gasteiger partial charge is 0.206 e. The molecule has 0 fully saturated rings.